The predicted octanol–water partition coefficient (Wildman–Crippen LogP) is 4.27. The molecule has 1 aromatic rings. The van der Waals surface area contributed by atoms with E-state index in [-0.39, 0.29) is 35.4 Å². The molecule has 5 heteroatoms. The van der Waals surface area contributed by atoms with E-state index in [1.807, 2.05) is 6.92 Å². The van der Waals surface area contributed by atoms with E-state index in [4.69, 9.17) is 4.74 Å². The Morgan fingerprint density at radius 2 is 2.00 bits per heavy atom. The molecule has 158 valence electrons. The van der Waals surface area contributed by atoms with Crippen molar-refractivity contribution < 1.29 is 24.5 Å². The van der Waals surface area contributed by atoms with Crippen LogP contribution in [-0.4, -0.2) is 28.1 Å². The number of ketones is 1. The number of phenols is 1. The lowest BCUT2D eigenvalue weighted by atomic mass is 9.55. The normalized spacial score (nSPS) is 32.8. The number of aliphatic hydroxyl groups excluding tert-OH is 1. The number of aromatic hydroxyl groups is 1. The number of Topliss-reactive ketones (excluding diaryl/α,β-unsaturated/α-hetero) is 1. The van der Waals surface area contributed by atoms with Gasteiger partial charge in [0, 0.05) is 18.1 Å². The summed E-state index contributed by atoms with van der Waals surface area (Å²) in [6.45, 7) is 4.14. The zero-order valence-corrected chi connectivity index (χ0v) is 17.4. The molecule has 0 saturated heterocycles. The van der Waals surface area contributed by atoms with Gasteiger partial charge in [0.25, 0.3) is 0 Å². The van der Waals surface area contributed by atoms with E-state index in [0.717, 1.165) is 49.7 Å². The third kappa shape index (κ3) is 3.58. The number of ether oxygens (including phenoxy) is 1. The lowest BCUT2D eigenvalue weighted by molar-refractivity contribution is -0.138. The Morgan fingerprint density at radius 3 is 2.76 bits per heavy atom. The number of fused-ring (bicyclic) bond motifs is 5. The Kier molecular flexibility index (Phi) is 5.45. The van der Waals surface area contributed by atoms with Gasteiger partial charge in [-0.05, 0) is 79.7 Å². The maximum Gasteiger partial charge on any atom is 0.318 e. The zero-order valence-electron chi connectivity index (χ0n) is 17.4. The van der Waals surface area contributed by atoms with Gasteiger partial charge in [-0.2, -0.15) is 0 Å². The highest BCUT2D eigenvalue weighted by Crippen LogP contribution is 2.62. The lowest BCUT2D eigenvalue weighted by Gasteiger charge is -2.50. The SMILES string of the molecule is CCCC(=O)CC(=O)Oc1cc(O)cc2c1[C@H]1CC[C@]3(C)[C@H](O)CC[C@H]3[C@@H]1CC2. The summed E-state index contributed by atoms with van der Waals surface area (Å²) in [6, 6.07) is 3.32. The number of esters is 1. The van der Waals surface area contributed by atoms with Crippen LogP contribution >= 0.6 is 0 Å². The smallest absolute Gasteiger partial charge is 0.318 e. The number of carbonyl (C=O) groups is 2. The summed E-state index contributed by atoms with van der Waals surface area (Å²) in [5.74, 6) is 1.08. The molecule has 4 rings (SSSR count). The molecular weight excluding hydrogens is 368 g/mol. The number of benzene rings is 1. The van der Waals surface area contributed by atoms with Crippen LogP contribution in [0.5, 0.6) is 11.5 Å². The molecule has 0 aromatic heterocycles. The number of hydrogen-bond acceptors (Lipinski definition) is 5. The molecule has 0 amide bonds. The number of hydrogen-bond donors (Lipinski definition) is 2. The van der Waals surface area contributed by atoms with Crippen LogP contribution in [0.2, 0.25) is 0 Å². The minimum absolute atomic E-state index is 0.0149. The second-order valence-corrected chi connectivity index (χ2v) is 9.51. The highest BCUT2D eigenvalue weighted by Gasteiger charge is 2.54. The van der Waals surface area contributed by atoms with Gasteiger partial charge in [-0.15, -0.1) is 0 Å². The van der Waals surface area contributed by atoms with Crippen molar-refractivity contribution in [3.63, 3.8) is 0 Å². The van der Waals surface area contributed by atoms with E-state index in [1.165, 1.54) is 6.07 Å². The van der Waals surface area contributed by atoms with Gasteiger partial charge >= 0.3 is 5.97 Å². The average molecular weight is 401 g/mol. The second-order valence-electron chi connectivity index (χ2n) is 9.51. The molecule has 0 heterocycles. The van der Waals surface area contributed by atoms with Crippen LogP contribution in [0.1, 0.15) is 82.3 Å². The van der Waals surface area contributed by atoms with Crippen molar-refractivity contribution >= 4 is 11.8 Å². The van der Waals surface area contributed by atoms with Gasteiger partial charge in [0.15, 0.2) is 0 Å². The van der Waals surface area contributed by atoms with Crippen molar-refractivity contribution in [2.45, 2.75) is 83.7 Å². The Bertz CT molecular complexity index is 816. The van der Waals surface area contributed by atoms with E-state index in [1.54, 1.807) is 6.07 Å². The van der Waals surface area contributed by atoms with Gasteiger partial charge in [0.1, 0.15) is 23.7 Å². The van der Waals surface area contributed by atoms with Crippen LogP contribution in [-0.2, 0) is 16.0 Å². The maximum absolute atomic E-state index is 12.4. The molecule has 3 aliphatic rings. The number of rotatable bonds is 5. The molecule has 5 nitrogen and oxygen atoms in total. The standard InChI is InChI=1S/C24H32O5/c1-3-4-15(25)13-22(28)29-20-12-16(26)11-14-5-6-17-18(23(14)20)9-10-24(2)19(17)7-8-21(24)27/h11-12,17-19,21,26-27H,3-10,13H2,1-2H3/t17-,18+,19+,21-,24+/m1/s1. The summed E-state index contributed by atoms with van der Waals surface area (Å²) >= 11 is 0. The summed E-state index contributed by atoms with van der Waals surface area (Å²) in [5.41, 5.74) is 2.08. The first-order valence-electron chi connectivity index (χ1n) is 11.1. The predicted molar refractivity (Wildman–Crippen MR) is 109 cm³/mol. The van der Waals surface area contributed by atoms with Crippen molar-refractivity contribution in [2.75, 3.05) is 0 Å². The van der Waals surface area contributed by atoms with Crippen LogP contribution in [0.15, 0.2) is 12.1 Å². The first-order valence-corrected chi connectivity index (χ1v) is 11.1. The van der Waals surface area contributed by atoms with Crippen molar-refractivity contribution in [3.8, 4) is 11.5 Å². The first-order chi connectivity index (χ1) is 13.8. The molecule has 0 bridgehead atoms. The molecule has 2 saturated carbocycles. The number of phenolic OH excluding ortho intramolecular Hbond substituents is 1. The molecule has 5 atom stereocenters. The molecule has 2 N–H and O–H groups in total. The summed E-state index contributed by atoms with van der Waals surface area (Å²) in [6.07, 6.45) is 6.35. The molecule has 29 heavy (non-hydrogen) atoms. The highest BCUT2D eigenvalue weighted by molar-refractivity contribution is 5.96. The van der Waals surface area contributed by atoms with Crippen LogP contribution in [0.25, 0.3) is 0 Å². The minimum Gasteiger partial charge on any atom is -0.508 e. The molecule has 0 spiro atoms. The third-order valence-corrected chi connectivity index (χ3v) is 7.81. The lowest BCUT2D eigenvalue weighted by Crippen LogP contribution is -2.44. The monoisotopic (exact) mass is 400 g/mol. The average Bonchev–Trinajstić information content (AvgIpc) is 2.96. The van der Waals surface area contributed by atoms with E-state index in [2.05, 4.69) is 6.92 Å². The minimum atomic E-state index is -0.546. The van der Waals surface area contributed by atoms with Crippen LogP contribution < -0.4 is 4.74 Å². The Balaban J connectivity index is 1.62. The van der Waals surface area contributed by atoms with Crippen LogP contribution in [0.4, 0.5) is 0 Å². The summed E-state index contributed by atoms with van der Waals surface area (Å²) in [5, 5.41) is 20.8. The molecule has 2 fully saturated rings. The molecule has 1 aromatic carbocycles. The molecule has 0 aliphatic heterocycles. The Labute approximate surface area is 172 Å². The van der Waals surface area contributed by atoms with Gasteiger partial charge in [0.2, 0.25) is 0 Å². The first kappa shape index (κ1) is 20.4. The van der Waals surface area contributed by atoms with Crippen molar-refractivity contribution in [3.05, 3.63) is 23.3 Å². The van der Waals surface area contributed by atoms with E-state index < -0.39 is 5.97 Å². The van der Waals surface area contributed by atoms with Gasteiger partial charge in [-0.1, -0.05) is 13.8 Å². The molecular formula is C24H32O5. The van der Waals surface area contributed by atoms with Crippen LogP contribution in [0.3, 0.4) is 0 Å². The van der Waals surface area contributed by atoms with Crippen molar-refractivity contribution in [1.29, 1.82) is 0 Å². The Hall–Kier alpha value is -1.88. The van der Waals surface area contributed by atoms with E-state index in [0.29, 0.717) is 30.4 Å². The highest BCUT2D eigenvalue weighted by atomic mass is 16.5. The maximum atomic E-state index is 12.4. The van der Waals surface area contributed by atoms with E-state index in [9.17, 15) is 19.8 Å². The fourth-order valence-electron chi connectivity index (χ4n) is 6.41. The number of carbonyl (C=O) groups excluding carboxylic acids is 2. The summed E-state index contributed by atoms with van der Waals surface area (Å²) in [4.78, 5) is 24.2. The number of aliphatic hydroxyl groups is 1. The van der Waals surface area contributed by atoms with Crippen molar-refractivity contribution in [1.82, 2.24) is 0 Å². The quantitative estimate of drug-likeness (QED) is 0.438. The topological polar surface area (TPSA) is 83.8 Å². The number of aryl methyl sites for hydroxylation is 1. The third-order valence-electron chi connectivity index (χ3n) is 7.81. The fraction of sp³-hybridized carbons (Fsp3) is 0.667. The Morgan fingerprint density at radius 1 is 1.21 bits per heavy atom. The van der Waals surface area contributed by atoms with Gasteiger partial charge in [-0.3, -0.25) is 9.59 Å². The van der Waals surface area contributed by atoms with E-state index >= 15 is 0 Å². The molecule has 3 aliphatic carbocycles. The summed E-state index contributed by atoms with van der Waals surface area (Å²) < 4.78 is 5.65. The zero-order chi connectivity index (χ0) is 20.8. The largest absolute Gasteiger partial charge is 0.508 e. The van der Waals surface area contributed by atoms with Crippen molar-refractivity contribution in [2.24, 2.45) is 17.3 Å². The second kappa shape index (κ2) is 7.75. The summed E-state index contributed by atoms with van der Waals surface area (Å²) in [7, 11) is 0. The van der Waals surface area contributed by atoms with Crippen LogP contribution in [0, 0.1) is 17.3 Å². The van der Waals surface area contributed by atoms with Gasteiger partial charge in [-0.25, -0.2) is 0 Å². The fourth-order valence-corrected chi connectivity index (χ4v) is 6.41. The molecule has 0 unspecified atom stereocenters. The van der Waals surface area contributed by atoms with Gasteiger partial charge < -0.3 is 14.9 Å². The van der Waals surface area contributed by atoms with Gasteiger partial charge in [0.05, 0.1) is 6.10 Å². The molecule has 0 radical (unpaired) electrons.